The lowest BCUT2D eigenvalue weighted by molar-refractivity contribution is 1.03. The van der Waals surface area contributed by atoms with Gasteiger partial charge in [-0.05, 0) is 53.2 Å². The topological polar surface area (TPSA) is 0 Å². The smallest absolute Gasteiger partial charge is 0.00269 e. The van der Waals surface area contributed by atoms with Gasteiger partial charge in [-0.3, -0.25) is 0 Å². The fourth-order valence-electron chi connectivity index (χ4n) is 3.64. The Hall–Kier alpha value is -3.12. The van der Waals surface area contributed by atoms with Gasteiger partial charge in [0.15, 0.2) is 0 Å². The van der Waals surface area contributed by atoms with Gasteiger partial charge in [0.05, 0.1) is 0 Å². The molecule has 0 N–H and O–H groups in total. The zero-order valence-corrected chi connectivity index (χ0v) is 15.7. The summed E-state index contributed by atoms with van der Waals surface area (Å²) in [5, 5.41) is 0. The Morgan fingerprint density at radius 1 is 0.593 bits per heavy atom. The lowest BCUT2D eigenvalue weighted by Gasteiger charge is -2.20. The molecule has 0 saturated carbocycles. The number of benzene rings is 3. The Bertz CT molecular complexity index is 985. The van der Waals surface area contributed by atoms with E-state index in [0.29, 0.717) is 0 Å². The first-order chi connectivity index (χ1) is 13.3. The Morgan fingerprint density at radius 3 is 1.70 bits per heavy atom. The fraction of sp³-hybridized carbons (Fsp3) is 0.111. The van der Waals surface area contributed by atoms with Gasteiger partial charge in [0, 0.05) is 0 Å². The third-order valence-corrected chi connectivity index (χ3v) is 5.00. The van der Waals surface area contributed by atoms with Crippen LogP contribution in [0, 0.1) is 6.92 Å². The molecule has 0 unspecified atom stereocenters. The van der Waals surface area contributed by atoms with Gasteiger partial charge >= 0.3 is 0 Å². The highest BCUT2D eigenvalue weighted by atomic mass is 14.2. The van der Waals surface area contributed by atoms with Crippen molar-refractivity contribution in [2.24, 2.45) is 0 Å². The van der Waals surface area contributed by atoms with Gasteiger partial charge in [0.2, 0.25) is 0 Å². The summed E-state index contributed by atoms with van der Waals surface area (Å²) in [6, 6.07) is 30.4. The Labute approximate surface area is 162 Å². The third kappa shape index (κ3) is 3.85. The van der Waals surface area contributed by atoms with Crippen LogP contribution < -0.4 is 0 Å². The highest BCUT2D eigenvalue weighted by Gasteiger charge is 2.17. The van der Waals surface area contributed by atoms with Crippen molar-refractivity contribution in [2.45, 2.75) is 19.8 Å². The van der Waals surface area contributed by atoms with Crippen LogP contribution in [0.5, 0.6) is 0 Å². The van der Waals surface area contributed by atoms with Gasteiger partial charge in [0.1, 0.15) is 0 Å². The van der Waals surface area contributed by atoms with Crippen molar-refractivity contribution < 1.29 is 0 Å². The molecule has 0 fully saturated rings. The molecule has 0 heteroatoms. The van der Waals surface area contributed by atoms with E-state index in [1.165, 1.54) is 39.0 Å². The van der Waals surface area contributed by atoms with Crippen LogP contribution in [0.4, 0.5) is 0 Å². The highest BCUT2D eigenvalue weighted by molar-refractivity contribution is 6.05. The summed E-state index contributed by atoms with van der Waals surface area (Å²) in [6.45, 7) is 2.14. The molecule has 0 bridgehead atoms. The van der Waals surface area contributed by atoms with E-state index in [1.807, 2.05) is 0 Å². The van der Waals surface area contributed by atoms with Crippen LogP contribution in [0.15, 0.2) is 109 Å². The Balaban J connectivity index is 2.04. The summed E-state index contributed by atoms with van der Waals surface area (Å²) in [5.41, 5.74) is 8.96. The molecule has 0 spiro atoms. The molecule has 3 aromatic carbocycles. The van der Waals surface area contributed by atoms with E-state index in [9.17, 15) is 0 Å². The molecule has 0 atom stereocenters. The summed E-state index contributed by atoms with van der Waals surface area (Å²) in [7, 11) is 0. The maximum Gasteiger partial charge on any atom is -0.00269 e. The van der Waals surface area contributed by atoms with E-state index < -0.39 is 0 Å². The zero-order chi connectivity index (χ0) is 18.5. The van der Waals surface area contributed by atoms with Crippen molar-refractivity contribution in [3.8, 4) is 0 Å². The van der Waals surface area contributed by atoms with Crippen LogP contribution >= 0.6 is 0 Å². The first-order valence-corrected chi connectivity index (χ1v) is 9.62. The van der Waals surface area contributed by atoms with Gasteiger partial charge in [-0.2, -0.15) is 0 Å². The van der Waals surface area contributed by atoms with E-state index in [-0.39, 0.29) is 0 Å². The molecule has 4 rings (SSSR count). The average Bonchev–Trinajstić information content (AvgIpc) is 2.75. The quantitative estimate of drug-likeness (QED) is 0.436. The van der Waals surface area contributed by atoms with Crippen LogP contribution in [0.1, 0.15) is 35.1 Å². The van der Waals surface area contributed by atoms with Crippen molar-refractivity contribution in [3.05, 3.63) is 131 Å². The number of aryl methyl sites for hydroxylation is 1. The molecule has 132 valence electrons. The molecule has 0 amide bonds. The number of rotatable bonds is 4. The molecule has 1 aliphatic carbocycles. The van der Waals surface area contributed by atoms with Crippen molar-refractivity contribution in [1.82, 2.24) is 0 Å². The molecular weight excluding hydrogens is 324 g/mol. The summed E-state index contributed by atoms with van der Waals surface area (Å²) < 4.78 is 0. The second-order valence-corrected chi connectivity index (χ2v) is 6.99. The third-order valence-electron chi connectivity index (χ3n) is 5.00. The van der Waals surface area contributed by atoms with Crippen molar-refractivity contribution in [3.63, 3.8) is 0 Å². The fourth-order valence-corrected chi connectivity index (χ4v) is 3.64. The summed E-state index contributed by atoms with van der Waals surface area (Å²) in [5.74, 6) is 0. The molecule has 27 heavy (non-hydrogen) atoms. The van der Waals surface area contributed by atoms with E-state index in [0.717, 1.165) is 12.8 Å². The van der Waals surface area contributed by atoms with Crippen molar-refractivity contribution in [1.29, 1.82) is 0 Å². The molecule has 0 aliphatic heterocycles. The van der Waals surface area contributed by atoms with Crippen LogP contribution in [0.25, 0.3) is 11.1 Å². The largest absolute Gasteiger partial charge is 0.0836 e. The minimum absolute atomic E-state index is 1.10. The summed E-state index contributed by atoms with van der Waals surface area (Å²) in [4.78, 5) is 0. The second-order valence-electron chi connectivity index (χ2n) is 6.99. The maximum atomic E-state index is 2.37. The molecule has 3 aromatic rings. The van der Waals surface area contributed by atoms with Gasteiger partial charge in [-0.1, -0.05) is 109 Å². The Kier molecular flexibility index (Phi) is 5.16. The lowest BCUT2D eigenvalue weighted by atomic mass is 9.84. The number of allylic oxidation sites excluding steroid dienone is 5. The van der Waals surface area contributed by atoms with Crippen LogP contribution in [0.3, 0.4) is 0 Å². The van der Waals surface area contributed by atoms with Gasteiger partial charge in [-0.15, -0.1) is 0 Å². The standard InChI is InChI=1S/C27H24/c1-21-17-19-25(20-18-21)27(24-15-9-4-10-16-24)26(22-11-5-2-6-12-22)23-13-7-3-8-14-23/h2,4-7,9-20H,3,8H2,1H3/b27-26-. The molecule has 1 aliphatic rings. The molecule has 0 radical (unpaired) electrons. The monoisotopic (exact) mass is 348 g/mol. The Morgan fingerprint density at radius 2 is 1.15 bits per heavy atom. The van der Waals surface area contributed by atoms with Gasteiger partial charge in [0.25, 0.3) is 0 Å². The first-order valence-electron chi connectivity index (χ1n) is 9.62. The van der Waals surface area contributed by atoms with Crippen LogP contribution in [-0.4, -0.2) is 0 Å². The number of hydrogen-bond donors (Lipinski definition) is 0. The van der Waals surface area contributed by atoms with E-state index in [1.54, 1.807) is 0 Å². The van der Waals surface area contributed by atoms with Crippen molar-refractivity contribution in [2.75, 3.05) is 0 Å². The SMILES string of the molecule is Cc1ccc(/C(=C(\C2=CCCC=C2)c2ccccc2)c2ccccc2)cc1. The summed E-state index contributed by atoms with van der Waals surface area (Å²) >= 11 is 0. The summed E-state index contributed by atoms with van der Waals surface area (Å²) in [6.07, 6.45) is 9.16. The second kappa shape index (κ2) is 8.05. The van der Waals surface area contributed by atoms with Gasteiger partial charge < -0.3 is 0 Å². The number of hydrogen-bond acceptors (Lipinski definition) is 0. The molecule has 0 heterocycles. The van der Waals surface area contributed by atoms with E-state index in [2.05, 4.69) is 110 Å². The average molecular weight is 348 g/mol. The predicted molar refractivity (Wildman–Crippen MR) is 116 cm³/mol. The minimum atomic E-state index is 1.10. The predicted octanol–water partition coefficient (Wildman–Crippen LogP) is 7.23. The normalized spacial score (nSPS) is 14.5. The highest BCUT2D eigenvalue weighted by Crippen LogP contribution is 2.38. The first kappa shape index (κ1) is 17.3. The van der Waals surface area contributed by atoms with E-state index in [4.69, 9.17) is 0 Å². The minimum Gasteiger partial charge on any atom is -0.0836 e. The molecule has 0 nitrogen and oxygen atoms in total. The molecule has 0 saturated heterocycles. The molecular formula is C27H24. The maximum absolute atomic E-state index is 2.37. The van der Waals surface area contributed by atoms with Crippen molar-refractivity contribution >= 4 is 11.1 Å². The lowest BCUT2D eigenvalue weighted by Crippen LogP contribution is -1.99. The van der Waals surface area contributed by atoms with E-state index >= 15 is 0 Å². The molecule has 0 aromatic heterocycles. The van der Waals surface area contributed by atoms with Crippen LogP contribution in [0.2, 0.25) is 0 Å². The van der Waals surface area contributed by atoms with Crippen LogP contribution in [-0.2, 0) is 0 Å². The van der Waals surface area contributed by atoms with Gasteiger partial charge in [-0.25, -0.2) is 0 Å². The zero-order valence-electron chi connectivity index (χ0n) is 15.7.